The molecule has 0 radical (unpaired) electrons. The van der Waals surface area contributed by atoms with Gasteiger partial charge in [0.2, 0.25) is 5.91 Å². The SMILES string of the molecule is C#CCNC(=O)CN1C[C@@H]2CCCN[C@@H]2C1. The van der Waals surface area contributed by atoms with Gasteiger partial charge in [0, 0.05) is 19.1 Å². The lowest BCUT2D eigenvalue weighted by molar-refractivity contribution is -0.121. The molecule has 2 fully saturated rings. The van der Waals surface area contributed by atoms with Gasteiger partial charge in [-0.2, -0.15) is 0 Å². The average Bonchev–Trinajstić information content (AvgIpc) is 2.68. The van der Waals surface area contributed by atoms with Crippen LogP contribution in [0.3, 0.4) is 0 Å². The van der Waals surface area contributed by atoms with Gasteiger partial charge in [-0.05, 0) is 25.3 Å². The molecule has 2 rings (SSSR count). The van der Waals surface area contributed by atoms with Crippen LogP contribution < -0.4 is 10.6 Å². The molecule has 2 saturated heterocycles. The van der Waals surface area contributed by atoms with E-state index in [0.717, 1.165) is 25.6 Å². The fourth-order valence-corrected chi connectivity index (χ4v) is 2.67. The maximum Gasteiger partial charge on any atom is 0.234 e. The second-order valence-corrected chi connectivity index (χ2v) is 4.64. The number of nitrogens with one attached hydrogen (secondary N) is 2. The molecule has 2 atom stereocenters. The largest absolute Gasteiger partial charge is 0.344 e. The van der Waals surface area contributed by atoms with Crippen molar-refractivity contribution in [3.63, 3.8) is 0 Å². The van der Waals surface area contributed by atoms with E-state index in [4.69, 9.17) is 6.42 Å². The molecule has 0 bridgehead atoms. The maximum absolute atomic E-state index is 11.5. The van der Waals surface area contributed by atoms with Crippen LogP contribution in [0.2, 0.25) is 0 Å². The third kappa shape index (κ3) is 2.75. The van der Waals surface area contributed by atoms with E-state index in [-0.39, 0.29) is 5.91 Å². The monoisotopic (exact) mass is 221 g/mol. The number of hydrogen-bond acceptors (Lipinski definition) is 3. The molecule has 0 saturated carbocycles. The van der Waals surface area contributed by atoms with Crippen LogP contribution in [0, 0.1) is 18.3 Å². The van der Waals surface area contributed by atoms with E-state index in [2.05, 4.69) is 21.5 Å². The van der Waals surface area contributed by atoms with Crippen LogP contribution in [0.5, 0.6) is 0 Å². The summed E-state index contributed by atoms with van der Waals surface area (Å²) < 4.78 is 0. The summed E-state index contributed by atoms with van der Waals surface area (Å²) in [5.41, 5.74) is 0. The summed E-state index contributed by atoms with van der Waals surface area (Å²) in [6, 6.07) is 0.592. The molecule has 88 valence electrons. The maximum atomic E-state index is 11.5. The molecular weight excluding hydrogens is 202 g/mol. The van der Waals surface area contributed by atoms with Crippen molar-refractivity contribution in [2.24, 2.45) is 5.92 Å². The Balaban J connectivity index is 1.75. The summed E-state index contributed by atoms with van der Waals surface area (Å²) in [5, 5.41) is 6.23. The Morgan fingerprint density at radius 1 is 1.56 bits per heavy atom. The van der Waals surface area contributed by atoms with Crippen LogP contribution in [0.4, 0.5) is 0 Å². The second-order valence-electron chi connectivity index (χ2n) is 4.64. The van der Waals surface area contributed by atoms with Gasteiger partial charge in [0.05, 0.1) is 13.1 Å². The van der Waals surface area contributed by atoms with Gasteiger partial charge < -0.3 is 10.6 Å². The molecule has 4 nitrogen and oxygen atoms in total. The summed E-state index contributed by atoms with van der Waals surface area (Å²) in [6.07, 6.45) is 7.65. The molecule has 0 aromatic heterocycles. The molecule has 0 unspecified atom stereocenters. The van der Waals surface area contributed by atoms with E-state index in [1.807, 2.05) is 0 Å². The third-order valence-electron chi connectivity index (χ3n) is 3.43. The van der Waals surface area contributed by atoms with Crippen molar-refractivity contribution < 1.29 is 4.79 Å². The Labute approximate surface area is 96.8 Å². The Morgan fingerprint density at radius 3 is 3.19 bits per heavy atom. The zero-order valence-corrected chi connectivity index (χ0v) is 9.54. The highest BCUT2D eigenvalue weighted by atomic mass is 16.2. The zero-order valence-electron chi connectivity index (χ0n) is 9.54. The smallest absolute Gasteiger partial charge is 0.234 e. The molecule has 0 aromatic rings. The highest BCUT2D eigenvalue weighted by Crippen LogP contribution is 2.24. The predicted molar refractivity (Wildman–Crippen MR) is 62.8 cm³/mol. The summed E-state index contributed by atoms with van der Waals surface area (Å²) in [5.74, 6) is 3.18. The number of piperidine rings is 1. The zero-order chi connectivity index (χ0) is 11.4. The van der Waals surface area contributed by atoms with Crippen LogP contribution in [0.15, 0.2) is 0 Å². The fourth-order valence-electron chi connectivity index (χ4n) is 2.67. The Hall–Kier alpha value is -1.05. The van der Waals surface area contributed by atoms with Crippen molar-refractivity contribution in [1.29, 1.82) is 0 Å². The quantitative estimate of drug-likeness (QED) is 0.627. The number of carbonyl (C=O) groups is 1. The van der Waals surface area contributed by atoms with E-state index in [1.165, 1.54) is 12.8 Å². The first-order chi connectivity index (χ1) is 7.79. The van der Waals surface area contributed by atoms with Crippen LogP contribution in [0.1, 0.15) is 12.8 Å². The lowest BCUT2D eigenvalue weighted by Crippen LogP contribution is -2.41. The molecule has 4 heteroatoms. The Bertz CT molecular complexity index is 283. The number of nitrogens with zero attached hydrogens (tertiary/aromatic N) is 1. The van der Waals surface area contributed by atoms with Gasteiger partial charge in [-0.25, -0.2) is 0 Å². The molecule has 16 heavy (non-hydrogen) atoms. The predicted octanol–water partition coefficient (Wildman–Crippen LogP) is -0.580. The third-order valence-corrected chi connectivity index (χ3v) is 3.43. The van der Waals surface area contributed by atoms with E-state index >= 15 is 0 Å². The van der Waals surface area contributed by atoms with Crippen LogP contribution in [-0.4, -0.2) is 49.6 Å². The van der Waals surface area contributed by atoms with Crippen molar-refractivity contribution in [3.8, 4) is 12.3 Å². The van der Waals surface area contributed by atoms with Crippen molar-refractivity contribution in [3.05, 3.63) is 0 Å². The number of terminal acetylenes is 1. The minimum Gasteiger partial charge on any atom is -0.344 e. The van der Waals surface area contributed by atoms with Gasteiger partial charge in [0.15, 0.2) is 0 Å². The van der Waals surface area contributed by atoms with Crippen LogP contribution in [-0.2, 0) is 4.79 Å². The molecule has 2 N–H and O–H groups in total. The molecular formula is C12H19N3O. The minimum absolute atomic E-state index is 0.0385. The molecule has 0 aromatic carbocycles. The number of hydrogen-bond donors (Lipinski definition) is 2. The minimum atomic E-state index is 0.0385. The second kappa shape index (κ2) is 5.33. The standard InChI is InChI=1S/C12H19N3O/c1-2-5-14-12(16)9-15-7-10-4-3-6-13-11(10)8-15/h1,10-11,13H,3-9H2,(H,14,16)/t10-,11+/m0/s1. The van der Waals surface area contributed by atoms with Gasteiger partial charge in [-0.3, -0.25) is 9.69 Å². The number of amides is 1. The Morgan fingerprint density at radius 2 is 2.44 bits per heavy atom. The van der Waals surface area contributed by atoms with Gasteiger partial charge in [0.1, 0.15) is 0 Å². The fraction of sp³-hybridized carbons (Fsp3) is 0.750. The van der Waals surface area contributed by atoms with Crippen LogP contribution >= 0.6 is 0 Å². The highest BCUT2D eigenvalue weighted by molar-refractivity contribution is 5.78. The van der Waals surface area contributed by atoms with Gasteiger partial charge in [-0.15, -0.1) is 6.42 Å². The topological polar surface area (TPSA) is 44.4 Å². The Kier molecular flexibility index (Phi) is 3.81. The van der Waals surface area contributed by atoms with Crippen molar-refractivity contribution in [2.75, 3.05) is 32.7 Å². The first-order valence-electron chi connectivity index (χ1n) is 5.95. The van der Waals surface area contributed by atoms with Crippen LogP contribution in [0.25, 0.3) is 0 Å². The molecule has 2 aliphatic rings. The first kappa shape index (κ1) is 11.4. The number of fused-ring (bicyclic) bond motifs is 1. The summed E-state index contributed by atoms with van der Waals surface area (Å²) >= 11 is 0. The number of rotatable bonds is 3. The van der Waals surface area contributed by atoms with E-state index in [1.54, 1.807) is 0 Å². The average molecular weight is 221 g/mol. The lowest BCUT2D eigenvalue weighted by Gasteiger charge is -2.24. The summed E-state index contributed by atoms with van der Waals surface area (Å²) in [4.78, 5) is 13.7. The summed E-state index contributed by atoms with van der Waals surface area (Å²) in [6.45, 7) is 3.97. The lowest BCUT2D eigenvalue weighted by atomic mass is 9.94. The van der Waals surface area contributed by atoms with Gasteiger partial charge >= 0.3 is 0 Å². The molecule has 2 heterocycles. The summed E-state index contributed by atoms with van der Waals surface area (Å²) in [7, 11) is 0. The number of likely N-dealkylation sites (tertiary alicyclic amines) is 1. The van der Waals surface area contributed by atoms with Crippen molar-refractivity contribution in [2.45, 2.75) is 18.9 Å². The molecule has 2 aliphatic heterocycles. The normalized spacial score (nSPS) is 29.4. The van der Waals surface area contributed by atoms with Crippen molar-refractivity contribution >= 4 is 5.91 Å². The van der Waals surface area contributed by atoms with Gasteiger partial charge in [-0.1, -0.05) is 5.92 Å². The molecule has 0 aliphatic carbocycles. The molecule has 0 spiro atoms. The van der Waals surface area contributed by atoms with E-state index in [9.17, 15) is 4.79 Å². The van der Waals surface area contributed by atoms with Gasteiger partial charge in [0.25, 0.3) is 0 Å². The van der Waals surface area contributed by atoms with E-state index in [0.29, 0.717) is 19.1 Å². The molecule has 1 amide bonds. The van der Waals surface area contributed by atoms with Crippen molar-refractivity contribution in [1.82, 2.24) is 15.5 Å². The van der Waals surface area contributed by atoms with E-state index < -0.39 is 0 Å². The number of carbonyl (C=O) groups excluding carboxylic acids is 1. The highest BCUT2D eigenvalue weighted by Gasteiger charge is 2.34. The first-order valence-corrected chi connectivity index (χ1v) is 5.95.